The maximum absolute atomic E-state index is 4.74. The molecule has 9 nitrogen and oxygen atoms in total. The molecule has 0 bridgehead atoms. The molecule has 1 aromatic carbocycles. The first-order chi connectivity index (χ1) is 18.0. The quantitative estimate of drug-likeness (QED) is 0.270. The van der Waals surface area contributed by atoms with E-state index in [-0.39, 0.29) is 0 Å². The molecule has 0 aliphatic heterocycles. The lowest BCUT2D eigenvalue weighted by molar-refractivity contribution is 1.13. The van der Waals surface area contributed by atoms with Crippen LogP contribution < -0.4 is 15.5 Å². The van der Waals surface area contributed by atoms with Crippen molar-refractivity contribution in [3.05, 3.63) is 85.1 Å². The number of aromatic nitrogens is 6. The number of anilines is 5. The normalized spacial score (nSPS) is 11.1. The first-order valence-electron chi connectivity index (χ1n) is 11.9. The lowest BCUT2D eigenvalue weighted by Crippen LogP contribution is -2.08. The summed E-state index contributed by atoms with van der Waals surface area (Å²) in [5, 5.41) is 7.82. The molecule has 6 aromatic rings. The highest BCUT2D eigenvalue weighted by Gasteiger charge is 2.10. The predicted molar refractivity (Wildman–Crippen MR) is 149 cm³/mol. The van der Waals surface area contributed by atoms with E-state index >= 15 is 0 Å². The summed E-state index contributed by atoms with van der Waals surface area (Å²) < 4.78 is 0. The van der Waals surface area contributed by atoms with Crippen LogP contribution in [-0.2, 0) is 0 Å². The van der Waals surface area contributed by atoms with Gasteiger partial charge in [-0.15, -0.1) is 0 Å². The highest BCUT2D eigenvalue weighted by Crippen LogP contribution is 2.29. The highest BCUT2D eigenvalue weighted by atomic mass is 15.1. The smallest absolute Gasteiger partial charge is 0.157 e. The highest BCUT2D eigenvalue weighted by molar-refractivity contribution is 5.94. The number of benzene rings is 1. The van der Waals surface area contributed by atoms with Crippen LogP contribution in [0, 0.1) is 6.92 Å². The van der Waals surface area contributed by atoms with Crippen molar-refractivity contribution in [2.24, 2.45) is 0 Å². The van der Waals surface area contributed by atoms with Crippen molar-refractivity contribution in [2.75, 3.05) is 29.6 Å². The largest absolute Gasteiger partial charge is 0.378 e. The average molecular weight is 488 g/mol. The molecule has 182 valence electrons. The van der Waals surface area contributed by atoms with Crippen molar-refractivity contribution >= 4 is 50.6 Å². The number of pyridine rings is 4. The van der Waals surface area contributed by atoms with E-state index in [1.165, 1.54) is 0 Å². The topological polar surface area (TPSA) is 108 Å². The lowest BCUT2D eigenvalue weighted by Gasteiger charge is -2.15. The van der Waals surface area contributed by atoms with Crippen LogP contribution in [0.5, 0.6) is 0 Å². The standard InChI is InChI=1S/C28H25N9/c1-17-12-19(8-10-29-17)33-20-13-25-28(32-16-20)36-27(35-25)18-4-7-26(31-15-18)34-24-9-11-30-23-6-5-21(37(2)3)14-22(23)24/h4-16H,1-3H3,(H,29,33)(H,30,31,34)(H,32,35,36). The van der Waals surface area contributed by atoms with Crippen LogP contribution in [0.2, 0.25) is 0 Å². The Hall–Kier alpha value is -5.05. The molecular weight excluding hydrogens is 462 g/mol. The van der Waals surface area contributed by atoms with Crippen molar-refractivity contribution in [1.82, 2.24) is 29.9 Å². The predicted octanol–water partition coefficient (Wildman–Crippen LogP) is 5.82. The van der Waals surface area contributed by atoms with Crippen molar-refractivity contribution < 1.29 is 0 Å². The number of aryl methyl sites for hydroxylation is 1. The van der Waals surface area contributed by atoms with E-state index in [1.807, 2.05) is 63.5 Å². The van der Waals surface area contributed by atoms with Gasteiger partial charge in [-0.1, -0.05) is 0 Å². The van der Waals surface area contributed by atoms with Gasteiger partial charge < -0.3 is 20.5 Å². The van der Waals surface area contributed by atoms with Crippen LogP contribution in [0.3, 0.4) is 0 Å². The third-order valence-corrected chi connectivity index (χ3v) is 6.06. The van der Waals surface area contributed by atoms with Crippen LogP contribution >= 0.6 is 0 Å². The molecule has 9 heteroatoms. The zero-order chi connectivity index (χ0) is 25.4. The van der Waals surface area contributed by atoms with Crippen LogP contribution in [0.15, 0.2) is 79.4 Å². The van der Waals surface area contributed by atoms with Gasteiger partial charge in [0.2, 0.25) is 0 Å². The number of nitrogens with one attached hydrogen (secondary N) is 3. The molecule has 6 rings (SSSR count). The van der Waals surface area contributed by atoms with Crippen LogP contribution in [-0.4, -0.2) is 44.0 Å². The Morgan fingerprint density at radius 3 is 2.46 bits per heavy atom. The number of hydrogen-bond acceptors (Lipinski definition) is 8. The summed E-state index contributed by atoms with van der Waals surface area (Å²) in [5.74, 6) is 1.45. The molecular formula is C28H25N9. The Labute approximate surface area is 213 Å². The van der Waals surface area contributed by atoms with E-state index in [1.54, 1.807) is 24.8 Å². The Balaban J connectivity index is 1.24. The summed E-state index contributed by atoms with van der Waals surface area (Å²) in [6.45, 7) is 1.96. The van der Waals surface area contributed by atoms with E-state index in [0.29, 0.717) is 11.5 Å². The number of fused-ring (bicyclic) bond motifs is 2. The fraction of sp³-hybridized carbons (Fsp3) is 0.107. The van der Waals surface area contributed by atoms with Gasteiger partial charge >= 0.3 is 0 Å². The summed E-state index contributed by atoms with van der Waals surface area (Å²) in [6.07, 6.45) is 7.16. The minimum atomic E-state index is 0.712. The van der Waals surface area contributed by atoms with Crippen LogP contribution in [0.1, 0.15) is 5.69 Å². The molecule has 0 radical (unpaired) electrons. The summed E-state index contributed by atoms with van der Waals surface area (Å²) in [5.41, 5.74) is 8.11. The molecule has 3 N–H and O–H groups in total. The van der Waals surface area contributed by atoms with E-state index in [4.69, 9.17) is 4.98 Å². The van der Waals surface area contributed by atoms with E-state index < -0.39 is 0 Å². The van der Waals surface area contributed by atoms with Crippen LogP contribution in [0.4, 0.5) is 28.6 Å². The Morgan fingerprint density at radius 2 is 1.65 bits per heavy atom. The fourth-order valence-corrected chi connectivity index (χ4v) is 4.16. The second-order valence-corrected chi connectivity index (χ2v) is 9.00. The molecule has 0 atom stereocenters. The van der Waals surface area contributed by atoms with Crippen molar-refractivity contribution in [2.45, 2.75) is 6.92 Å². The van der Waals surface area contributed by atoms with Gasteiger partial charge in [-0.05, 0) is 61.5 Å². The number of rotatable bonds is 6. The molecule has 0 saturated heterocycles. The first-order valence-corrected chi connectivity index (χ1v) is 11.9. The van der Waals surface area contributed by atoms with Crippen molar-refractivity contribution in [3.8, 4) is 11.4 Å². The summed E-state index contributed by atoms with van der Waals surface area (Å²) >= 11 is 0. The number of H-pyrrole nitrogens is 1. The second-order valence-electron chi connectivity index (χ2n) is 9.00. The molecule has 5 heterocycles. The molecule has 0 aliphatic rings. The Bertz CT molecular complexity index is 1720. The van der Waals surface area contributed by atoms with Gasteiger partial charge in [-0.2, -0.15) is 0 Å². The molecule has 0 unspecified atom stereocenters. The molecule has 37 heavy (non-hydrogen) atoms. The number of imidazole rings is 1. The van der Waals surface area contributed by atoms with Gasteiger partial charge in [0.25, 0.3) is 0 Å². The van der Waals surface area contributed by atoms with E-state index in [9.17, 15) is 0 Å². The lowest BCUT2D eigenvalue weighted by atomic mass is 10.1. The summed E-state index contributed by atoms with van der Waals surface area (Å²) in [6, 6.07) is 18.0. The molecule has 0 amide bonds. The Kier molecular flexibility index (Phi) is 5.57. The van der Waals surface area contributed by atoms with Gasteiger partial charge in [-0.3, -0.25) is 9.97 Å². The maximum atomic E-state index is 4.74. The van der Waals surface area contributed by atoms with Gasteiger partial charge in [-0.25, -0.2) is 15.0 Å². The fourth-order valence-electron chi connectivity index (χ4n) is 4.16. The molecule has 0 spiro atoms. The van der Waals surface area contributed by atoms with Gasteiger partial charge in [0.05, 0.1) is 23.1 Å². The van der Waals surface area contributed by atoms with Gasteiger partial charge in [0.15, 0.2) is 5.65 Å². The molecule has 0 aliphatic carbocycles. The SMILES string of the molecule is Cc1cc(Nc2cnc3[nH]c(-c4ccc(Nc5ccnc6ccc(N(C)C)cc56)nc4)nc3c2)ccn1. The van der Waals surface area contributed by atoms with E-state index in [2.05, 4.69) is 52.6 Å². The third-order valence-electron chi connectivity index (χ3n) is 6.06. The maximum Gasteiger partial charge on any atom is 0.157 e. The molecule has 0 saturated carbocycles. The van der Waals surface area contributed by atoms with Gasteiger partial charge in [0.1, 0.15) is 17.2 Å². The summed E-state index contributed by atoms with van der Waals surface area (Å²) in [7, 11) is 4.05. The number of hydrogen-bond donors (Lipinski definition) is 3. The zero-order valence-electron chi connectivity index (χ0n) is 20.7. The number of aromatic amines is 1. The number of nitrogens with zero attached hydrogens (tertiary/aromatic N) is 6. The first kappa shape index (κ1) is 22.4. The van der Waals surface area contributed by atoms with Gasteiger partial charge in [0, 0.05) is 60.7 Å². The van der Waals surface area contributed by atoms with Crippen molar-refractivity contribution in [3.63, 3.8) is 0 Å². The molecule has 5 aromatic heterocycles. The second kappa shape index (κ2) is 9.19. The monoisotopic (exact) mass is 487 g/mol. The summed E-state index contributed by atoms with van der Waals surface area (Å²) in [4.78, 5) is 28.0. The van der Waals surface area contributed by atoms with Crippen molar-refractivity contribution in [1.29, 1.82) is 0 Å². The minimum Gasteiger partial charge on any atom is -0.378 e. The minimum absolute atomic E-state index is 0.712. The van der Waals surface area contributed by atoms with E-state index in [0.717, 1.165) is 56.2 Å². The zero-order valence-corrected chi connectivity index (χ0v) is 20.7. The Morgan fingerprint density at radius 1 is 0.757 bits per heavy atom. The average Bonchev–Trinajstić information content (AvgIpc) is 3.32. The molecule has 0 fully saturated rings. The van der Waals surface area contributed by atoms with Crippen LogP contribution in [0.25, 0.3) is 33.5 Å². The third kappa shape index (κ3) is 4.62.